The highest BCUT2D eigenvalue weighted by molar-refractivity contribution is 6.31. The SMILES string of the molecule is COC(=O)c1c[nH]c(-c2cc(Cl)c(C(C)(C)C)cc2C)cc1=O. The van der Waals surface area contributed by atoms with Crippen molar-refractivity contribution in [3.05, 3.63) is 56.3 Å². The molecule has 1 N–H and O–H groups in total. The van der Waals surface area contributed by atoms with Crippen LogP contribution >= 0.6 is 11.6 Å². The zero-order valence-electron chi connectivity index (χ0n) is 13.9. The Hall–Kier alpha value is -2.07. The fourth-order valence-corrected chi connectivity index (χ4v) is 2.89. The molecule has 0 radical (unpaired) electrons. The van der Waals surface area contributed by atoms with Crippen molar-refractivity contribution in [2.75, 3.05) is 7.11 Å². The fraction of sp³-hybridized carbons (Fsp3) is 0.333. The molecule has 0 aliphatic rings. The quantitative estimate of drug-likeness (QED) is 0.842. The number of H-pyrrole nitrogens is 1. The van der Waals surface area contributed by atoms with Crippen LogP contribution in [0.1, 0.15) is 42.3 Å². The number of carbonyl (C=O) groups excluding carboxylic acids is 1. The molecule has 122 valence electrons. The number of esters is 1. The lowest BCUT2D eigenvalue weighted by atomic mass is 9.85. The van der Waals surface area contributed by atoms with Crippen LogP contribution in [0.4, 0.5) is 0 Å². The van der Waals surface area contributed by atoms with Crippen LogP contribution in [-0.4, -0.2) is 18.1 Å². The first kappa shape index (κ1) is 17.3. The second-order valence-electron chi connectivity index (χ2n) is 6.51. The summed E-state index contributed by atoms with van der Waals surface area (Å²) in [5.41, 5.74) is 3.02. The Morgan fingerprint density at radius 1 is 1.22 bits per heavy atom. The third-order valence-electron chi connectivity index (χ3n) is 3.73. The van der Waals surface area contributed by atoms with E-state index in [4.69, 9.17) is 11.6 Å². The topological polar surface area (TPSA) is 59.2 Å². The minimum absolute atomic E-state index is 0.0219. The molecule has 1 aromatic heterocycles. The Labute approximate surface area is 140 Å². The van der Waals surface area contributed by atoms with Crippen LogP contribution in [0.15, 0.2) is 29.2 Å². The van der Waals surface area contributed by atoms with Crippen LogP contribution < -0.4 is 5.43 Å². The number of aryl methyl sites for hydroxylation is 1. The molecule has 0 saturated carbocycles. The number of methoxy groups -OCH3 is 1. The van der Waals surface area contributed by atoms with Gasteiger partial charge in [0.25, 0.3) is 0 Å². The van der Waals surface area contributed by atoms with Crippen molar-refractivity contribution in [2.45, 2.75) is 33.1 Å². The fourth-order valence-electron chi connectivity index (χ4n) is 2.44. The molecule has 0 unspecified atom stereocenters. The van der Waals surface area contributed by atoms with Gasteiger partial charge >= 0.3 is 5.97 Å². The van der Waals surface area contributed by atoms with Crippen molar-refractivity contribution in [3.8, 4) is 11.3 Å². The van der Waals surface area contributed by atoms with Gasteiger partial charge in [0, 0.05) is 28.5 Å². The predicted octanol–water partition coefficient (Wildman–Crippen LogP) is 4.09. The lowest BCUT2D eigenvalue weighted by Gasteiger charge is -2.22. The van der Waals surface area contributed by atoms with Crippen LogP contribution in [0, 0.1) is 6.92 Å². The summed E-state index contributed by atoms with van der Waals surface area (Å²) in [5.74, 6) is -0.657. The molecule has 2 rings (SSSR count). The van der Waals surface area contributed by atoms with Gasteiger partial charge in [-0.1, -0.05) is 38.4 Å². The Balaban J connectivity index is 2.56. The van der Waals surface area contributed by atoms with Crippen LogP contribution in [0.3, 0.4) is 0 Å². The van der Waals surface area contributed by atoms with E-state index in [0.717, 1.165) is 16.7 Å². The van der Waals surface area contributed by atoms with E-state index >= 15 is 0 Å². The Bertz CT molecular complexity index is 816. The van der Waals surface area contributed by atoms with Gasteiger partial charge in [0.1, 0.15) is 5.56 Å². The molecule has 0 saturated heterocycles. The molecule has 0 fully saturated rings. The third kappa shape index (κ3) is 3.48. The summed E-state index contributed by atoms with van der Waals surface area (Å²) in [6, 6.07) is 5.27. The molecule has 23 heavy (non-hydrogen) atoms. The Morgan fingerprint density at radius 2 is 1.87 bits per heavy atom. The van der Waals surface area contributed by atoms with Crippen LogP contribution in [0.25, 0.3) is 11.3 Å². The number of hydrogen-bond acceptors (Lipinski definition) is 3. The first-order valence-electron chi connectivity index (χ1n) is 7.27. The van der Waals surface area contributed by atoms with E-state index in [0.29, 0.717) is 10.7 Å². The summed E-state index contributed by atoms with van der Waals surface area (Å²) >= 11 is 6.41. The maximum Gasteiger partial charge on any atom is 0.343 e. The Morgan fingerprint density at radius 3 is 2.39 bits per heavy atom. The molecular weight excluding hydrogens is 314 g/mol. The van der Waals surface area contributed by atoms with E-state index in [9.17, 15) is 9.59 Å². The maximum atomic E-state index is 12.1. The number of rotatable bonds is 2. The van der Waals surface area contributed by atoms with Gasteiger partial charge in [-0.2, -0.15) is 0 Å². The number of hydrogen-bond donors (Lipinski definition) is 1. The third-order valence-corrected chi connectivity index (χ3v) is 4.04. The number of ether oxygens (including phenoxy) is 1. The minimum atomic E-state index is -0.657. The van der Waals surface area contributed by atoms with Gasteiger partial charge in [-0.15, -0.1) is 0 Å². The average molecular weight is 334 g/mol. The number of carbonyl (C=O) groups is 1. The number of aromatic nitrogens is 1. The molecule has 0 bridgehead atoms. The molecule has 5 heteroatoms. The van der Waals surface area contributed by atoms with E-state index < -0.39 is 5.97 Å². The number of pyridine rings is 1. The van der Waals surface area contributed by atoms with Crippen molar-refractivity contribution in [1.29, 1.82) is 0 Å². The van der Waals surface area contributed by atoms with Gasteiger partial charge in [0.2, 0.25) is 0 Å². The van der Waals surface area contributed by atoms with Crippen LogP contribution in [0.2, 0.25) is 5.02 Å². The van der Waals surface area contributed by atoms with Crippen molar-refractivity contribution >= 4 is 17.6 Å². The van der Waals surface area contributed by atoms with Crippen LogP contribution in [0.5, 0.6) is 0 Å². The summed E-state index contributed by atoms with van der Waals surface area (Å²) in [6.45, 7) is 8.26. The second-order valence-corrected chi connectivity index (χ2v) is 6.92. The maximum absolute atomic E-state index is 12.1. The molecule has 0 atom stereocenters. The van der Waals surface area contributed by atoms with Crippen molar-refractivity contribution in [2.24, 2.45) is 0 Å². The number of halogens is 1. The molecule has 0 spiro atoms. The van der Waals surface area contributed by atoms with Crippen LogP contribution in [-0.2, 0) is 10.2 Å². The van der Waals surface area contributed by atoms with Gasteiger partial charge < -0.3 is 9.72 Å². The normalized spacial score (nSPS) is 11.4. The van der Waals surface area contributed by atoms with Gasteiger partial charge in [-0.05, 0) is 29.5 Å². The lowest BCUT2D eigenvalue weighted by Crippen LogP contribution is -2.16. The van der Waals surface area contributed by atoms with Crippen molar-refractivity contribution in [1.82, 2.24) is 4.98 Å². The second kappa shape index (κ2) is 6.20. The molecule has 1 aromatic carbocycles. The van der Waals surface area contributed by atoms with E-state index in [1.165, 1.54) is 19.4 Å². The summed E-state index contributed by atoms with van der Waals surface area (Å²) < 4.78 is 4.58. The van der Waals surface area contributed by atoms with Crippen molar-refractivity contribution in [3.63, 3.8) is 0 Å². The lowest BCUT2D eigenvalue weighted by molar-refractivity contribution is 0.0599. The molecule has 2 aromatic rings. The van der Waals surface area contributed by atoms with E-state index in [2.05, 4.69) is 30.5 Å². The average Bonchev–Trinajstić information content (AvgIpc) is 2.47. The number of benzene rings is 1. The number of nitrogens with one attached hydrogen (secondary N) is 1. The summed E-state index contributed by atoms with van der Waals surface area (Å²) in [6.07, 6.45) is 1.37. The van der Waals surface area contributed by atoms with Gasteiger partial charge in [0.15, 0.2) is 5.43 Å². The predicted molar refractivity (Wildman–Crippen MR) is 92.3 cm³/mol. The zero-order chi connectivity index (χ0) is 17.4. The van der Waals surface area contributed by atoms with E-state index in [-0.39, 0.29) is 16.4 Å². The van der Waals surface area contributed by atoms with Crippen molar-refractivity contribution < 1.29 is 9.53 Å². The number of aromatic amines is 1. The molecule has 4 nitrogen and oxygen atoms in total. The molecule has 0 aliphatic carbocycles. The van der Waals surface area contributed by atoms with E-state index in [1.54, 1.807) is 0 Å². The van der Waals surface area contributed by atoms with Gasteiger partial charge in [0.05, 0.1) is 7.11 Å². The van der Waals surface area contributed by atoms with Gasteiger partial charge in [-0.3, -0.25) is 4.79 Å². The smallest absolute Gasteiger partial charge is 0.343 e. The summed E-state index contributed by atoms with van der Waals surface area (Å²) in [4.78, 5) is 26.6. The highest BCUT2D eigenvalue weighted by atomic mass is 35.5. The minimum Gasteiger partial charge on any atom is -0.465 e. The monoisotopic (exact) mass is 333 g/mol. The largest absolute Gasteiger partial charge is 0.465 e. The highest BCUT2D eigenvalue weighted by Gasteiger charge is 2.20. The Kier molecular flexibility index (Phi) is 4.66. The first-order chi connectivity index (χ1) is 10.6. The van der Waals surface area contributed by atoms with E-state index in [1.807, 2.05) is 19.1 Å². The molecule has 0 aliphatic heterocycles. The molecule has 1 heterocycles. The molecular formula is C18H20ClNO3. The standard InChI is InChI=1S/C18H20ClNO3/c1-10-6-13(18(2,3)4)14(19)7-11(10)15-8-16(21)12(9-20-15)17(22)23-5/h6-9H,1-5H3,(H,20,21). The first-order valence-corrected chi connectivity index (χ1v) is 7.65. The highest BCUT2D eigenvalue weighted by Crippen LogP contribution is 2.34. The summed E-state index contributed by atoms with van der Waals surface area (Å²) in [7, 11) is 1.24. The molecule has 0 amide bonds. The van der Waals surface area contributed by atoms with Gasteiger partial charge in [-0.25, -0.2) is 4.79 Å². The zero-order valence-corrected chi connectivity index (χ0v) is 14.7. The summed E-state index contributed by atoms with van der Waals surface area (Å²) in [5, 5.41) is 0.649.